The summed E-state index contributed by atoms with van der Waals surface area (Å²) in [5, 5.41) is 6.58. The molecule has 1 fully saturated rings. The second kappa shape index (κ2) is 8.70. The van der Waals surface area contributed by atoms with Gasteiger partial charge in [-0.15, -0.1) is 0 Å². The first-order valence-corrected chi connectivity index (χ1v) is 10.6. The normalized spacial score (nSPS) is 15.6. The molecule has 29 heavy (non-hydrogen) atoms. The Labute approximate surface area is 180 Å². The average molecular weight is 428 g/mol. The lowest BCUT2D eigenvalue weighted by Crippen LogP contribution is -2.37. The summed E-state index contributed by atoms with van der Waals surface area (Å²) < 4.78 is 0. The Morgan fingerprint density at radius 3 is 2.69 bits per heavy atom. The van der Waals surface area contributed by atoms with Crippen LogP contribution in [0.15, 0.2) is 48.7 Å². The van der Waals surface area contributed by atoms with Crippen LogP contribution >= 0.6 is 23.2 Å². The van der Waals surface area contributed by atoms with Crippen molar-refractivity contribution >= 4 is 45.6 Å². The zero-order valence-electron chi connectivity index (χ0n) is 16.3. The van der Waals surface area contributed by atoms with E-state index in [0.717, 1.165) is 60.2 Å². The first-order chi connectivity index (χ1) is 14.0. The fourth-order valence-corrected chi connectivity index (χ4v) is 4.41. The summed E-state index contributed by atoms with van der Waals surface area (Å²) in [6, 6.07) is 13.5. The van der Waals surface area contributed by atoms with Crippen molar-refractivity contribution in [3.05, 3.63) is 70.0 Å². The van der Waals surface area contributed by atoms with E-state index in [1.807, 2.05) is 43.3 Å². The minimum absolute atomic E-state index is 0.0186. The lowest BCUT2D eigenvalue weighted by atomic mass is 9.95. The zero-order chi connectivity index (χ0) is 20.4. The Morgan fingerprint density at radius 2 is 1.93 bits per heavy atom. The number of carbonyl (C=O) groups is 1. The number of hydrogen-bond acceptors (Lipinski definition) is 3. The second-order valence-electron chi connectivity index (χ2n) is 7.57. The molecule has 3 aromatic rings. The standard InChI is InChI=1S/C23H23Cl2N3O/c1-15-19-3-2-4-22(20(19)7-10-26-15)27-23(29)16-8-11-28(12-9-16)14-17-5-6-18(24)13-21(17)25/h2-7,10,13,16H,8-9,11-12,14H2,1H3,(H,27,29). The number of halogens is 2. The number of aromatic nitrogens is 1. The number of nitrogens with one attached hydrogen (secondary N) is 1. The van der Waals surface area contributed by atoms with Crippen LogP contribution in [0.5, 0.6) is 0 Å². The first kappa shape index (κ1) is 20.1. The van der Waals surface area contributed by atoms with Crippen molar-refractivity contribution in [1.82, 2.24) is 9.88 Å². The van der Waals surface area contributed by atoms with Crippen LogP contribution in [0, 0.1) is 12.8 Å². The van der Waals surface area contributed by atoms with Gasteiger partial charge in [0, 0.05) is 50.9 Å². The van der Waals surface area contributed by atoms with Gasteiger partial charge in [0.2, 0.25) is 5.91 Å². The van der Waals surface area contributed by atoms with Crippen molar-refractivity contribution in [3.8, 4) is 0 Å². The first-order valence-electron chi connectivity index (χ1n) is 9.83. The number of fused-ring (bicyclic) bond motifs is 1. The average Bonchev–Trinajstić information content (AvgIpc) is 2.71. The minimum Gasteiger partial charge on any atom is -0.325 e. The highest BCUT2D eigenvalue weighted by Gasteiger charge is 2.25. The number of likely N-dealkylation sites (tertiary alicyclic amines) is 1. The number of rotatable bonds is 4. The Balaban J connectivity index is 1.38. The molecule has 0 spiro atoms. The van der Waals surface area contributed by atoms with Crippen LogP contribution in [0.25, 0.3) is 10.8 Å². The highest BCUT2D eigenvalue weighted by Crippen LogP contribution is 2.28. The van der Waals surface area contributed by atoms with Crippen LogP contribution in [0.4, 0.5) is 5.69 Å². The summed E-state index contributed by atoms with van der Waals surface area (Å²) in [5.74, 6) is 0.112. The molecule has 4 nitrogen and oxygen atoms in total. The van der Waals surface area contributed by atoms with Crippen molar-refractivity contribution < 1.29 is 4.79 Å². The van der Waals surface area contributed by atoms with Crippen LogP contribution in [-0.4, -0.2) is 28.9 Å². The zero-order valence-corrected chi connectivity index (χ0v) is 17.8. The quantitative estimate of drug-likeness (QED) is 0.580. The Morgan fingerprint density at radius 1 is 1.14 bits per heavy atom. The van der Waals surface area contributed by atoms with E-state index in [0.29, 0.717) is 10.0 Å². The van der Waals surface area contributed by atoms with Crippen molar-refractivity contribution in [2.75, 3.05) is 18.4 Å². The van der Waals surface area contributed by atoms with Gasteiger partial charge < -0.3 is 5.32 Å². The predicted octanol–water partition coefficient (Wildman–Crippen LogP) is 5.70. The number of nitrogens with zero attached hydrogens (tertiary/aromatic N) is 2. The number of aryl methyl sites for hydroxylation is 1. The van der Waals surface area contributed by atoms with E-state index in [1.165, 1.54) is 0 Å². The summed E-state index contributed by atoms with van der Waals surface area (Å²) in [6.45, 7) is 4.50. The number of pyridine rings is 1. The molecule has 0 unspecified atom stereocenters. The van der Waals surface area contributed by atoms with E-state index in [1.54, 1.807) is 12.3 Å². The molecule has 0 aliphatic carbocycles. The lowest BCUT2D eigenvalue weighted by molar-refractivity contribution is -0.121. The molecule has 6 heteroatoms. The molecular formula is C23H23Cl2N3O. The molecule has 1 N–H and O–H groups in total. The third-order valence-corrected chi connectivity index (χ3v) is 6.22. The molecule has 0 atom stereocenters. The van der Waals surface area contributed by atoms with Gasteiger partial charge in [-0.1, -0.05) is 41.4 Å². The fraction of sp³-hybridized carbons (Fsp3) is 0.304. The lowest BCUT2D eigenvalue weighted by Gasteiger charge is -2.31. The summed E-state index contributed by atoms with van der Waals surface area (Å²) in [4.78, 5) is 19.5. The second-order valence-corrected chi connectivity index (χ2v) is 8.42. The van der Waals surface area contributed by atoms with Gasteiger partial charge in [0.1, 0.15) is 0 Å². The smallest absolute Gasteiger partial charge is 0.227 e. The third kappa shape index (κ3) is 4.55. The van der Waals surface area contributed by atoms with Crippen LogP contribution in [-0.2, 0) is 11.3 Å². The maximum absolute atomic E-state index is 12.9. The van der Waals surface area contributed by atoms with E-state index in [2.05, 4.69) is 15.2 Å². The van der Waals surface area contributed by atoms with Crippen LogP contribution in [0.2, 0.25) is 10.0 Å². The van der Waals surface area contributed by atoms with Gasteiger partial charge in [0.05, 0.1) is 0 Å². The molecule has 150 valence electrons. The van der Waals surface area contributed by atoms with Crippen molar-refractivity contribution in [2.45, 2.75) is 26.3 Å². The van der Waals surface area contributed by atoms with E-state index >= 15 is 0 Å². The number of hydrogen-bond donors (Lipinski definition) is 1. The Kier molecular flexibility index (Phi) is 6.04. The third-order valence-electron chi connectivity index (χ3n) is 5.63. The summed E-state index contributed by atoms with van der Waals surface area (Å²) >= 11 is 12.3. The van der Waals surface area contributed by atoms with E-state index < -0.39 is 0 Å². The molecule has 1 aliphatic rings. The van der Waals surface area contributed by atoms with Gasteiger partial charge in [0.15, 0.2) is 0 Å². The largest absolute Gasteiger partial charge is 0.325 e. The predicted molar refractivity (Wildman–Crippen MR) is 120 cm³/mol. The molecule has 0 bridgehead atoms. The van der Waals surface area contributed by atoms with Crippen LogP contribution in [0.1, 0.15) is 24.1 Å². The molecule has 0 radical (unpaired) electrons. The molecule has 1 amide bonds. The summed E-state index contributed by atoms with van der Waals surface area (Å²) in [6.07, 6.45) is 3.46. The summed E-state index contributed by atoms with van der Waals surface area (Å²) in [7, 11) is 0. The van der Waals surface area contributed by atoms with Crippen molar-refractivity contribution in [1.29, 1.82) is 0 Å². The maximum atomic E-state index is 12.9. The number of anilines is 1. The van der Waals surface area contributed by atoms with E-state index in [-0.39, 0.29) is 11.8 Å². The van der Waals surface area contributed by atoms with Gasteiger partial charge in [-0.25, -0.2) is 0 Å². The van der Waals surface area contributed by atoms with Gasteiger partial charge in [-0.3, -0.25) is 14.7 Å². The number of carbonyl (C=O) groups excluding carboxylic acids is 1. The molecule has 2 heterocycles. The van der Waals surface area contributed by atoms with E-state index in [4.69, 9.17) is 23.2 Å². The molecule has 1 saturated heterocycles. The topological polar surface area (TPSA) is 45.2 Å². The maximum Gasteiger partial charge on any atom is 0.227 e. The SMILES string of the molecule is Cc1nccc2c(NC(=O)C3CCN(Cc4ccc(Cl)cc4Cl)CC3)cccc12. The minimum atomic E-state index is 0.0186. The van der Waals surface area contributed by atoms with Crippen molar-refractivity contribution in [3.63, 3.8) is 0 Å². The number of piperidine rings is 1. The Bertz CT molecular complexity index is 1050. The fourth-order valence-electron chi connectivity index (χ4n) is 3.94. The van der Waals surface area contributed by atoms with Crippen LogP contribution in [0.3, 0.4) is 0 Å². The molecular weight excluding hydrogens is 405 g/mol. The highest BCUT2D eigenvalue weighted by atomic mass is 35.5. The molecule has 4 rings (SSSR count). The van der Waals surface area contributed by atoms with Gasteiger partial charge in [-0.05, 0) is 62.7 Å². The highest BCUT2D eigenvalue weighted by molar-refractivity contribution is 6.35. The van der Waals surface area contributed by atoms with Gasteiger partial charge in [0.25, 0.3) is 0 Å². The van der Waals surface area contributed by atoms with Crippen molar-refractivity contribution in [2.24, 2.45) is 5.92 Å². The molecule has 1 aromatic heterocycles. The van der Waals surface area contributed by atoms with E-state index in [9.17, 15) is 4.79 Å². The van der Waals surface area contributed by atoms with Gasteiger partial charge in [-0.2, -0.15) is 0 Å². The number of benzene rings is 2. The number of amides is 1. The van der Waals surface area contributed by atoms with Gasteiger partial charge >= 0.3 is 0 Å². The summed E-state index contributed by atoms with van der Waals surface area (Å²) in [5.41, 5.74) is 2.89. The molecule has 0 saturated carbocycles. The molecule has 2 aromatic carbocycles. The van der Waals surface area contributed by atoms with Crippen LogP contribution < -0.4 is 5.32 Å². The monoisotopic (exact) mass is 427 g/mol. The molecule has 1 aliphatic heterocycles. The Hall–Kier alpha value is -2.14.